The molecule has 3 heteroatoms. The van der Waals surface area contributed by atoms with Gasteiger partial charge in [-0.05, 0) is 18.8 Å². The lowest BCUT2D eigenvalue weighted by Crippen LogP contribution is -2.17. The van der Waals surface area contributed by atoms with E-state index in [1.54, 1.807) is 0 Å². The van der Waals surface area contributed by atoms with Crippen molar-refractivity contribution in [2.75, 3.05) is 0 Å². The Morgan fingerprint density at radius 1 is 1.62 bits per heavy atom. The van der Waals surface area contributed by atoms with Crippen molar-refractivity contribution in [3.63, 3.8) is 0 Å². The van der Waals surface area contributed by atoms with Gasteiger partial charge < -0.3 is 9.67 Å². The Labute approximate surface area is 78.4 Å². The second-order valence-electron chi connectivity index (χ2n) is 4.01. The largest absolute Gasteiger partial charge is 0.385 e. The van der Waals surface area contributed by atoms with Gasteiger partial charge in [-0.1, -0.05) is 13.8 Å². The molecule has 1 aliphatic heterocycles. The predicted molar refractivity (Wildman–Crippen MR) is 50.5 cm³/mol. The molecule has 1 aromatic rings. The molecule has 1 aliphatic rings. The Balaban J connectivity index is 2.41. The van der Waals surface area contributed by atoms with Crippen molar-refractivity contribution in [1.82, 2.24) is 9.55 Å². The molecule has 2 rings (SSSR count). The summed E-state index contributed by atoms with van der Waals surface area (Å²) in [5.41, 5.74) is 1.24. The number of hydrogen-bond acceptors (Lipinski definition) is 2. The highest BCUT2D eigenvalue weighted by Gasteiger charge is 2.22. The smallest absolute Gasteiger partial charge is 0.137 e. The zero-order valence-corrected chi connectivity index (χ0v) is 8.20. The minimum Gasteiger partial charge on any atom is -0.385 e. The minimum atomic E-state index is -0.346. The molecule has 1 unspecified atom stereocenters. The van der Waals surface area contributed by atoms with E-state index in [0.29, 0.717) is 5.92 Å². The summed E-state index contributed by atoms with van der Waals surface area (Å²) < 4.78 is 2.17. The highest BCUT2D eigenvalue weighted by molar-refractivity contribution is 5.12. The Hall–Kier alpha value is -0.830. The van der Waals surface area contributed by atoms with Crippen LogP contribution in [0.1, 0.15) is 50.2 Å². The second-order valence-corrected chi connectivity index (χ2v) is 4.01. The van der Waals surface area contributed by atoms with Crippen molar-refractivity contribution in [2.24, 2.45) is 0 Å². The highest BCUT2D eigenvalue weighted by atomic mass is 16.3. The Bertz CT molecular complexity index is 290. The van der Waals surface area contributed by atoms with Crippen molar-refractivity contribution in [1.29, 1.82) is 0 Å². The maximum Gasteiger partial charge on any atom is 0.137 e. The Morgan fingerprint density at radius 2 is 2.38 bits per heavy atom. The Morgan fingerprint density at radius 3 is 3.08 bits per heavy atom. The van der Waals surface area contributed by atoms with Crippen LogP contribution in [0.3, 0.4) is 0 Å². The lowest BCUT2D eigenvalue weighted by atomic mass is 10.1. The van der Waals surface area contributed by atoms with Gasteiger partial charge >= 0.3 is 0 Å². The summed E-state index contributed by atoms with van der Waals surface area (Å²) in [7, 11) is 0. The maximum atomic E-state index is 9.67. The van der Waals surface area contributed by atoms with Crippen LogP contribution in [0.5, 0.6) is 0 Å². The van der Waals surface area contributed by atoms with Crippen LogP contribution in [-0.4, -0.2) is 14.7 Å². The van der Waals surface area contributed by atoms with E-state index in [-0.39, 0.29) is 6.10 Å². The minimum absolute atomic E-state index is 0.346. The molecule has 0 bridgehead atoms. The van der Waals surface area contributed by atoms with E-state index >= 15 is 0 Å². The van der Waals surface area contributed by atoms with Crippen LogP contribution in [0.2, 0.25) is 0 Å². The molecular weight excluding hydrogens is 164 g/mol. The molecule has 3 nitrogen and oxygen atoms in total. The lowest BCUT2D eigenvalue weighted by Gasteiger charge is -2.21. The summed E-state index contributed by atoms with van der Waals surface area (Å²) in [5, 5.41) is 9.67. The van der Waals surface area contributed by atoms with Gasteiger partial charge in [0.2, 0.25) is 0 Å². The first-order valence-electron chi connectivity index (χ1n) is 4.93. The lowest BCUT2D eigenvalue weighted by molar-refractivity contribution is 0.133. The fourth-order valence-electron chi connectivity index (χ4n) is 1.95. The van der Waals surface area contributed by atoms with E-state index in [0.717, 1.165) is 25.2 Å². The molecule has 0 spiro atoms. The normalized spacial score (nSPS) is 22.0. The van der Waals surface area contributed by atoms with Gasteiger partial charge in [-0.2, -0.15) is 0 Å². The molecule has 0 saturated carbocycles. The van der Waals surface area contributed by atoms with Crippen LogP contribution in [-0.2, 0) is 6.54 Å². The molecule has 0 saturated heterocycles. The van der Waals surface area contributed by atoms with Gasteiger partial charge in [0.05, 0.1) is 0 Å². The number of aromatic nitrogens is 2. The van der Waals surface area contributed by atoms with Crippen LogP contribution < -0.4 is 0 Å². The van der Waals surface area contributed by atoms with Gasteiger partial charge in [0.15, 0.2) is 0 Å². The number of rotatable bonds is 1. The summed E-state index contributed by atoms with van der Waals surface area (Å²) >= 11 is 0. The fourth-order valence-corrected chi connectivity index (χ4v) is 1.95. The fraction of sp³-hybridized carbons (Fsp3) is 0.700. The third-order valence-corrected chi connectivity index (χ3v) is 2.67. The first-order chi connectivity index (χ1) is 6.20. The van der Waals surface area contributed by atoms with Crippen molar-refractivity contribution < 1.29 is 5.11 Å². The zero-order chi connectivity index (χ0) is 9.42. The average molecular weight is 180 g/mol. The quantitative estimate of drug-likeness (QED) is 0.716. The van der Waals surface area contributed by atoms with E-state index in [2.05, 4.69) is 23.4 Å². The molecule has 0 aromatic carbocycles. The second kappa shape index (κ2) is 3.14. The molecule has 0 radical (unpaired) electrons. The van der Waals surface area contributed by atoms with E-state index < -0.39 is 0 Å². The number of nitrogens with zero attached hydrogens (tertiary/aromatic N) is 2. The first-order valence-corrected chi connectivity index (χ1v) is 4.93. The van der Waals surface area contributed by atoms with Crippen LogP contribution in [0, 0.1) is 0 Å². The monoisotopic (exact) mass is 180 g/mol. The third kappa shape index (κ3) is 1.37. The van der Waals surface area contributed by atoms with Crippen LogP contribution in [0.4, 0.5) is 0 Å². The number of aliphatic hydroxyl groups excluding tert-OH is 1. The summed E-state index contributed by atoms with van der Waals surface area (Å²) in [6.07, 6.45) is 3.47. The third-order valence-electron chi connectivity index (χ3n) is 2.67. The van der Waals surface area contributed by atoms with Crippen molar-refractivity contribution in [3.8, 4) is 0 Å². The SMILES string of the molecule is CC(C)c1cnc2n1CCCC2O. The molecule has 2 heterocycles. The number of fused-ring (bicyclic) bond motifs is 1. The van der Waals surface area contributed by atoms with Crippen LogP contribution in [0.25, 0.3) is 0 Å². The molecule has 0 fully saturated rings. The number of hydrogen-bond donors (Lipinski definition) is 1. The molecule has 72 valence electrons. The van der Waals surface area contributed by atoms with Gasteiger partial charge in [-0.15, -0.1) is 0 Å². The molecule has 1 atom stereocenters. The van der Waals surface area contributed by atoms with Gasteiger partial charge in [0, 0.05) is 18.4 Å². The molecule has 0 amide bonds. The molecular formula is C10H16N2O. The van der Waals surface area contributed by atoms with Gasteiger partial charge in [-0.25, -0.2) is 4.98 Å². The van der Waals surface area contributed by atoms with E-state index in [1.807, 2.05) is 6.20 Å². The number of aliphatic hydroxyl groups is 1. The highest BCUT2D eigenvalue weighted by Crippen LogP contribution is 2.27. The van der Waals surface area contributed by atoms with Crippen LogP contribution >= 0.6 is 0 Å². The molecule has 1 aromatic heterocycles. The van der Waals surface area contributed by atoms with Crippen molar-refractivity contribution in [3.05, 3.63) is 17.7 Å². The van der Waals surface area contributed by atoms with Gasteiger partial charge in [-0.3, -0.25) is 0 Å². The standard InChI is InChI=1S/C10H16N2O/c1-7(2)8-6-11-10-9(13)4-3-5-12(8)10/h6-7,9,13H,3-5H2,1-2H3. The van der Waals surface area contributed by atoms with E-state index in [9.17, 15) is 5.11 Å². The maximum absolute atomic E-state index is 9.67. The van der Waals surface area contributed by atoms with Crippen LogP contribution in [0.15, 0.2) is 6.20 Å². The summed E-state index contributed by atoms with van der Waals surface area (Å²) in [6, 6.07) is 0. The summed E-state index contributed by atoms with van der Waals surface area (Å²) in [4.78, 5) is 4.27. The van der Waals surface area contributed by atoms with E-state index in [4.69, 9.17) is 0 Å². The molecule has 0 aliphatic carbocycles. The summed E-state index contributed by atoms with van der Waals surface area (Å²) in [5.74, 6) is 1.35. The van der Waals surface area contributed by atoms with Gasteiger partial charge in [0.25, 0.3) is 0 Å². The molecule has 13 heavy (non-hydrogen) atoms. The van der Waals surface area contributed by atoms with Crippen molar-refractivity contribution >= 4 is 0 Å². The van der Waals surface area contributed by atoms with Crippen molar-refractivity contribution in [2.45, 2.75) is 45.3 Å². The Kier molecular flexibility index (Phi) is 2.12. The van der Waals surface area contributed by atoms with E-state index in [1.165, 1.54) is 5.69 Å². The van der Waals surface area contributed by atoms with Gasteiger partial charge in [0.1, 0.15) is 11.9 Å². The number of imidazole rings is 1. The average Bonchev–Trinajstić information content (AvgIpc) is 2.48. The first kappa shape index (κ1) is 8.75. The zero-order valence-electron chi connectivity index (χ0n) is 8.20. The molecule has 1 N–H and O–H groups in total. The predicted octanol–water partition coefficient (Wildman–Crippen LogP) is 1.83. The summed E-state index contributed by atoms with van der Waals surface area (Å²) in [6.45, 7) is 5.33. The topological polar surface area (TPSA) is 38.0 Å².